The minimum absolute atomic E-state index is 0.354. The maximum Gasteiger partial charge on any atom is 0.312 e. The molecule has 2 aromatic rings. The van der Waals surface area contributed by atoms with Crippen LogP contribution in [0.25, 0.3) is 0 Å². The second kappa shape index (κ2) is 12.3. The van der Waals surface area contributed by atoms with Crippen LogP contribution < -0.4 is 16.0 Å². The molecule has 0 aromatic carbocycles. The molecule has 4 rings (SSSR count). The monoisotopic (exact) mass is 597 g/mol. The Balaban J connectivity index is 1.73. The number of carbonyl (C=O) groups excluding carboxylic acids is 4. The van der Waals surface area contributed by atoms with Crippen LogP contribution in [0.3, 0.4) is 0 Å². The van der Waals surface area contributed by atoms with Crippen molar-refractivity contribution in [3.8, 4) is 5.75 Å². The minimum Gasteiger partial charge on any atom is -0.505 e. The number of rotatable bonds is 5. The molecular formula is C26H27F4N5O7. The van der Waals surface area contributed by atoms with Crippen molar-refractivity contribution in [3.05, 3.63) is 53.1 Å². The summed E-state index contributed by atoms with van der Waals surface area (Å²) in [6, 6.07) is -2.12. The fourth-order valence-corrected chi connectivity index (χ4v) is 4.51. The smallest absolute Gasteiger partial charge is 0.312 e. The van der Waals surface area contributed by atoms with E-state index >= 15 is 0 Å². The van der Waals surface area contributed by atoms with Crippen LogP contribution in [-0.4, -0.2) is 74.2 Å². The number of amides is 3. The standard InChI is InChI=1S/C26H27F4N5O7/c1-9-19(37)13(8-12-15(27)16(28)22(30)35-21(12)29)33-23(38)17(34-24(39)18-14(36)4-3-7-31-18)10(2)32-25(40)20(11-5-6-11)42-26(9)41/h3-4,7,9-11,13,17,19-20,36-37H,5-6,8H2,1-2H3,(H,32,40)(H,33,38)(H,34,39). The molecule has 1 saturated heterocycles. The first-order chi connectivity index (χ1) is 19.8. The Morgan fingerprint density at radius 3 is 2.40 bits per heavy atom. The van der Waals surface area contributed by atoms with Crippen molar-refractivity contribution in [2.45, 2.75) is 63.4 Å². The molecule has 0 spiro atoms. The third kappa shape index (κ3) is 6.42. The molecule has 1 aliphatic heterocycles. The molecule has 6 unspecified atom stereocenters. The predicted octanol–water partition coefficient (Wildman–Crippen LogP) is 0.402. The minimum atomic E-state index is -2.10. The number of nitrogens with one attached hydrogen (secondary N) is 3. The molecule has 3 amide bonds. The van der Waals surface area contributed by atoms with Crippen molar-refractivity contribution >= 4 is 23.7 Å². The Labute approximate surface area is 235 Å². The average Bonchev–Trinajstić information content (AvgIpc) is 3.78. The first-order valence-electron chi connectivity index (χ1n) is 12.9. The average molecular weight is 598 g/mol. The normalized spacial score (nSPS) is 27.2. The number of ether oxygens (including phenoxy) is 1. The first kappa shape index (κ1) is 30.6. The Kier molecular flexibility index (Phi) is 8.94. The molecule has 16 heteroatoms. The summed E-state index contributed by atoms with van der Waals surface area (Å²) in [6.07, 6.45) is -1.98. The van der Waals surface area contributed by atoms with Crippen LogP contribution in [0.15, 0.2) is 18.3 Å². The van der Waals surface area contributed by atoms with Gasteiger partial charge in [-0.3, -0.25) is 19.2 Å². The summed E-state index contributed by atoms with van der Waals surface area (Å²) in [4.78, 5) is 58.8. The number of halogens is 4. The first-order valence-corrected chi connectivity index (χ1v) is 12.9. The number of pyridine rings is 2. The molecule has 12 nitrogen and oxygen atoms in total. The molecule has 6 atom stereocenters. The van der Waals surface area contributed by atoms with Gasteiger partial charge in [0, 0.05) is 24.1 Å². The second-order valence-electron chi connectivity index (χ2n) is 10.2. The van der Waals surface area contributed by atoms with Gasteiger partial charge >= 0.3 is 5.97 Å². The summed E-state index contributed by atoms with van der Waals surface area (Å²) in [5, 5.41) is 28.2. The van der Waals surface area contributed by atoms with E-state index in [1.54, 1.807) is 0 Å². The van der Waals surface area contributed by atoms with E-state index < -0.39 is 107 Å². The van der Waals surface area contributed by atoms with Crippen molar-refractivity contribution in [2.75, 3.05) is 0 Å². The summed E-state index contributed by atoms with van der Waals surface area (Å²) >= 11 is 0. The molecule has 1 saturated carbocycles. The van der Waals surface area contributed by atoms with E-state index in [-0.39, 0.29) is 5.92 Å². The maximum atomic E-state index is 14.5. The van der Waals surface area contributed by atoms with E-state index in [1.165, 1.54) is 26.1 Å². The van der Waals surface area contributed by atoms with Gasteiger partial charge in [-0.05, 0) is 38.8 Å². The molecule has 5 N–H and O–H groups in total. The fourth-order valence-electron chi connectivity index (χ4n) is 4.51. The van der Waals surface area contributed by atoms with Crippen molar-refractivity contribution in [2.24, 2.45) is 11.8 Å². The van der Waals surface area contributed by atoms with Crippen molar-refractivity contribution in [1.29, 1.82) is 0 Å². The van der Waals surface area contributed by atoms with E-state index in [2.05, 4.69) is 25.9 Å². The maximum absolute atomic E-state index is 14.5. The summed E-state index contributed by atoms with van der Waals surface area (Å²) in [7, 11) is 0. The van der Waals surface area contributed by atoms with Gasteiger partial charge in [0.15, 0.2) is 17.6 Å². The molecule has 0 bridgehead atoms. The van der Waals surface area contributed by atoms with Crippen LogP contribution in [-0.2, 0) is 25.5 Å². The van der Waals surface area contributed by atoms with Gasteiger partial charge in [-0.1, -0.05) is 0 Å². The highest BCUT2D eigenvalue weighted by Crippen LogP contribution is 2.35. The topological polar surface area (TPSA) is 180 Å². The molecule has 2 aliphatic rings. The predicted molar refractivity (Wildman–Crippen MR) is 132 cm³/mol. The van der Waals surface area contributed by atoms with Crippen LogP contribution in [0.4, 0.5) is 17.6 Å². The number of esters is 1. The number of cyclic esters (lactones) is 1. The number of hydrogen-bond acceptors (Lipinski definition) is 9. The molecular weight excluding hydrogens is 570 g/mol. The van der Waals surface area contributed by atoms with E-state index in [0.29, 0.717) is 12.8 Å². The summed E-state index contributed by atoms with van der Waals surface area (Å²) in [5.41, 5.74) is -1.61. The number of aliphatic hydroxyl groups is 1. The lowest BCUT2D eigenvalue weighted by Gasteiger charge is -2.33. The van der Waals surface area contributed by atoms with Gasteiger partial charge in [0.2, 0.25) is 17.7 Å². The number of aromatic nitrogens is 2. The Hall–Kier alpha value is -4.34. The van der Waals surface area contributed by atoms with Crippen molar-refractivity contribution in [1.82, 2.24) is 25.9 Å². The van der Waals surface area contributed by atoms with Crippen LogP contribution >= 0.6 is 0 Å². The SMILES string of the molecule is CC1NC(=O)C(C2CC2)OC(=O)C(C)C(O)C(Cc2c(F)nc(F)c(F)c2F)NC(=O)C1NC(=O)c1ncccc1O. The number of aliphatic hydroxyl groups excluding tert-OH is 1. The van der Waals surface area contributed by atoms with Gasteiger partial charge in [0.1, 0.15) is 11.8 Å². The fraction of sp³-hybridized carbons (Fsp3) is 0.462. The Bertz CT molecular complexity index is 1410. The molecule has 2 fully saturated rings. The van der Waals surface area contributed by atoms with Crippen LogP contribution in [0, 0.1) is 35.4 Å². The highest BCUT2D eigenvalue weighted by Gasteiger charge is 2.44. The number of hydrogen-bond donors (Lipinski definition) is 5. The lowest BCUT2D eigenvalue weighted by molar-refractivity contribution is -0.165. The molecule has 1 aliphatic carbocycles. The van der Waals surface area contributed by atoms with Gasteiger partial charge in [-0.15, -0.1) is 0 Å². The molecule has 3 heterocycles. The van der Waals surface area contributed by atoms with Crippen molar-refractivity contribution < 1.29 is 51.7 Å². The van der Waals surface area contributed by atoms with E-state index in [4.69, 9.17) is 4.74 Å². The quantitative estimate of drug-likeness (QED) is 0.185. The van der Waals surface area contributed by atoms with Gasteiger partial charge in [-0.25, -0.2) is 9.37 Å². The van der Waals surface area contributed by atoms with Crippen LogP contribution in [0.1, 0.15) is 42.7 Å². The van der Waals surface area contributed by atoms with Crippen LogP contribution in [0.5, 0.6) is 5.75 Å². The van der Waals surface area contributed by atoms with Crippen LogP contribution in [0.2, 0.25) is 0 Å². The Morgan fingerprint density at radius 2 is 1.76 bits per heavy atom. The Morgan fingerprint density at radius 1 is 1.07 bits per heavy atom. The highest BCUT2D eigenvalue weighted by atomic mass is 19.2. The second-order valence-corrected chi connectivity index (χ2v) is 10.2. The van der Waals surface area contributed by atoms with Crippen molar-refractivity contribution in [3.63, 3.8) is 0 Å². The lowest BCUT2D eigenvalue weighted by Crippen LogP contribution is -2.62. The highest BCUT2D eigenvalue weighted by molar-refractivity contribution is 5.98. The summed E-state index contributed by atoms with van der Waals surface area (Å²) in [5.74, 6) is -14.3. The third-order valence-electron chi connectivity index (χ3n) is 7.12. The third-order valence-corrected chi connectivity index (χ3v) is 7.12. The van der Waals surface area contributed by atoms with E-state index in [0.717, 1.165) is 6.07 Å². The van der Waals surface area contributed by atoms with Gasteiger partial charge < -0.3 is 30.9 Å². The molecule has 0 radical (unpaired) electrons. The summed E-state index contributed by atoms with van der Waals surface area (Å²) in [6.45, 7) is 2.49. The van der Waals surface area contributed by atoms with Gasteiger partial charge in [0.05, 0.1) is 24.1 Å². The van der Waals surface area contributed by atoms with E-state index in [9.17, 15) is 47.0 Å². The number of aromatic hydroxyl groups is 1. The van der Waals surface area contributed by atoms with Gasteiger partial charge in [-0.2, -0.15) is 18.2 Å². The molecule has 42 heavy (non-hydrogen) atoms. The van der Waals surface area contributed by atoms with Gasteiger partial charge in [0.25, 0.3) is 17.8 Å². The largest absolute Gasteiger partial charge is 0.505 e. The zero-order valence-corrected chi connectivity index (χ0v) is 22.2. The summed E-state index contributed by atoms with van der Waals surface area (Å²) < 4.78 is 61.7. The number of nitrogens with zero attached hydrogens (tertiary/aromatic N) is 2. The van der Waals surface area contributed by atoms with E-state index in [1.807, 2.05) is 0 Å². The molecule has 2 aromatic heterocycles. The lowest BCUT2D eigenvalue weighted by atomic mass is 9.92. The molecule has 226 valence electrons. The number of carbonyl (C=O) groups is 4. The zero-order valence-electron chi connectivity index (χ0n) is 22.2. The zero-order chi connectivity index (χ0) is 30.9.